The molecule has 0 radical (unpaired) electrons. The molecule has 1 aromatic rings. The van der Waals surface area contributed by atoms with E-state index in [1.54, 1.807) is 24.3 Å². The fourth-order valence-corrected chi connectivity index (χ4v) is 2.93. The van der Waals surface area contributed by atoms with Gasteiger partial charge >= 0.3 is 0 Å². The number of nitrogens with one attached hydrogen (secondary N) is 1. The Kier molecular flexibility index (Phi) is 5.08. The van der Waals surface area contributed by atoms with Crippen LogP contribution in [0.2, 0.25) is 0 Å². The van der Waals surface area contributed by atoms with Gasteiger partial charge in [-0.1, -0.05) is 12.7 Å². The molecule has 1 aliphatic rings. The van der Waals surface area contributed by atoms with Gasteiger partial charge < -0.3 is 9.47 Å². The second kappa shape index (κ2) is 6.82. The molecular weight excluding hydrogens is 358 g/mol. The molecule has 1 aromatic carbocycles. The van der Waals surface area contributed by atoms with E-state index < -0.39 is 5.91 Å². The molecule has 1 N–H and O–H groups in total. The molecular formula is C14H12BrNO4S. The maximum Gasteiger partial charge on any atom is 0.290 e. The fraction of sp³-hybridized carbons (Fsp3) is 0.143. The zero-order valence-electron chi connectivity index (χ0n) is 11.1. The summed E-state index contributed by atoms with van der Waals surface area (Å²) < 4.78 is 11.5. The number of carbonyl (C=O) groups is 2. The van der Waals surface area contributed by atoms with Crippen molar-refractivity contribution in [2.24, 2.45) is 0 Å². The molecule has 1 heterocycles. The minimum atomic E-state index is -0.396. The number of imide groups is 1. The van der Waals surface area contributed by atoms with Gasteiger partial charge in [0.05, 0.1) is 16.5 Å². The summed E-state index contributed by atoms with van der Waals surface area (Å²) in [7, 11) is 1.53. The summed E-state index contributed by atoms with van der Waals surface area (Å²) in [6.07, 6.45) is 3.25. The first kappa shape index (κ1) is 15.7. The Labute approximate surface area is 134 Å². The first-order valence-electron chi connectivity index (χ1n) is 5.91. The number of carbonyl (C=O) groups excluding carboxylic acids is 2. The van der Waals surface area contributed by atoms with Crippen LogP contribution < -0.4 is 14.8 Å². The van der Waals surface area contributed by atoms with Crippen LogP contribution in [0.15, 0.2) is 34.2 Å². The van der Waals surface area contributed by atoms with E-state index in [0.717, 1.165) is 17.3 Å². The number of ether oxygens (including phenoxy) is 2. The summed E-state index contributed by atoms with van der Waals surface area (Å²) in [5.41, 5.74) is 0.719. The molecule has 0 spiro atoms. The van der Waals surface area contributed by atoms with Crippen LogP contribution in [0, 0.1) is 0 Å². The molecule has 21 heavy (non-hydrogen) atoms. The van der Waals surface area contributed by atoms with Crippen LogP contribution in [-0.4, -0.2) is 24.9 Å². The fourth-order valence-electron chi connectivity index (χ4n) is 1.68. The Hall–Kier alpha value is -1.73. The van der Waals surface area contributed by atoms with Crippen molar-refractivity contribution in [3.63, 3.8) is 0 Å². The summed E-state index contributed by atoms with van der Waals surface area (Å²) in [5, 5.41) is 1.84. The van der Waals surface area contributed by atoms with Crippen molar-refractivity contribution in [3.05, 3.63) is 39.7 Å². The van der Waals surface area contributed by atoms with E-state index >= 15 is 0 Å². The normalized spacial score (nSPS) is 16.0. The number of rotatable bonds is 5. The summed E-state index contributed by atoms with van der Waals surface area (Å²) in [5.74, 6) is 0.680. The maximum absolute atomic E-state index is 11.5. The third-order valence-electron chi connectivity index (χ3n) is 2.54. The van der Waals surface area contributed by atoms with Crippen molar-refractivity contribution >= 4 is 44.9 Å². The summed E-state index contributed by atoms with van der Waals surface area (Å²) in [6.45, 7) is 3.94. The summed E-state index contributed by atoms with van der Waals surface area (Å²) in [6, 6.07) is 3.51. The van der Waals surface area contributed by atoms with E-state index in [9.17, 15) is 9.59 Å². The van der Waals surface area contributed by atoms with E-state index in [4.69, 9.17) is 9.47 Å². The minimum absolute atomic E-state index is 0.341. The van der Waals surface area contributed by atoms with Crippen LogP contribution in [-0.2, 0) is 4.79 Å². The molecule has 0 bridgehead atoms. The lowest BCUT2D eigenvalue weighted by molar-refractivity contribution is -0.115. The molecule has 110 valence electrons. The Balaban J connectivity index is 2.36. The van der Waals surface area contributed by atoms with Gasteiger partial charge in [-0.2, -0.15) is 0 Å². The van der Waals surface area contributed by atoms with Crippen LogP contribution in [0.1, 0.15) is 5.56 Å². The number of halogens is 1. The zero-order chi connectivity index (χ0) is 15.4. The molecule has 0 saturated carbocycles. The quantitative estimate of drug-likeness (QED) is 0.636. The third kappa shape index (κ3) is 3.68. The highest BCUT2D eigenvalue weighted by Gasteiger charge is 2.25. The van der Waals surface area contributed by atoms with Crippen molar-refractivity contribution in [1.82, 2.24) is 5.32 Å². The number of amides is 2. The lowest BCUT2D eigenvalue weighted by atomic mass is 10.2. The van der Waals surface area contributed by atoms with Gasteiger partial charge in [0, 0.05) is 0 Å². The van der Waals surface area contributed by atoms with Gasteiger partial charge in [0.1, 0.15) is 6.61 Å². The number of hydrogen-bond donors (Lipinski definition) is 1. The van der Waals surface area contributed by atoms with Gasteiger partial charge in [0.15, 0.2) is 11.5 Å². The molecule has 1 saturated heterocycles. The average molecular weight is 370 g/mol. The third-order valence-corrected chi connectivity index (χ3v) is 3.94. The van der Waals surface area contributed by atoms with Crippen LogP contribution in [0.4, 0.5) is 4.79 Å². The number of hydrogen-bond acceptors (Lipinski definition) is 5. The second-order valence-corrected chi connectivity index (χ2v) is 5.86. The van der Waals surface area contributed by atoms with Crippen LogP contribution in [0.25, 0.3) is 6.08 Å². The van der Waals surface area contributed by atoms with E-state index in [2.05, 4.69) is 27.8 Å². The predicted molar refractivity (Wildman–Crippen MR) is 85.5 cm³/mol. The van der Waals surface area contributed by atoms with Crippen LogP contribution >= 0.6 is 27.7 Å². The van der Waals surface area contributed by atoms with Crippen molar-refractivity contribution in [2.75, 3.05) is 13.7 Å². The first-order chi connectivity index (χ1) is 10.0. The SMILES string of the molecule is C=CCOc1c(Br)cc(/C=C2\SC(=O)NC2=O)cc1OC. The standard InChI is InChI=1S/C14H12BrNO4S/c1-3-4-20-12-9(15)5-8(6-10(12)19-2)7-11-13(17)16-14(18)21-11/h3,5-7H,1,4H2,2H3,(H,16,17,18)/b11-7-. The molecule has 2 amide bonds. The zero-order valence-corrected chi connectivity index (χ0v) is 13.5. The predicted octanol–water partition coefficient (Wildman–Crippen LogP) is 3.35. The number of methoxy groups -OCH3 is 1. The van der Waals surface area contributed by atoms with Gasteiger partial charge in [-0.05, 0) is 51.5 Å². The van der Waals surface area contributed by atoms with Crippen molar-refractivity contribution in [2.45, 2.75) is 0 Å². The Morgan fingerprint density at radius 3 is 2.76 bits per heavy atom. The molecule has 7 heteroatoms. The second-order valence-electron chi connectivity index (χ2n) is 3.99. The molecule has 0 aliphatic carbocycles. The Bertz CT molecular complexity index is 642. The number of benzene rings is 1. The van der Waals surface area contributed by atoms with Crippen molar-refractivity contribution in [3.8, 4) is 11.5 Å². The first-order valence-corrected chi connectivity index (χ1v) is 7.52. The van der Waals surface area contributed by atoms with Gasteiger partial charge in [0.25, 0.3) is 11.1 Å². The monoisotopic (exact) mass is 369 g/mol. The van der Waals surface area contributed by atoms with Crippen LogP contribution in [0.5, 0.6) is 11.5 Å². The van der Waals surface area contributed by atoms with Crippen molar-refractivity contribution < 1.29 is 19.1 Å². The van der Waals surface area contributed by atoms with E-state index in [1.165, 1.54) is 7.11 Å². The Morgan fingerprint density at radius 1 is 1.43 bits per heavy atom. The molecule has 2 rings (SSSR count). The molecule has 5 nitrogen and oxygen atoms in total. The van der Waals surface area contributed by atoms with E-state index in [0.29, 0.717) is 27.5 Å². The van der Waals surface area contributed by atoms with Gasteiger partial charge in [-0.25, -0.2) is 0 Å². The highest BCUT2D eigenvalue weighted by Crippen LogP contribution is 2.38. The smallest absolute Gasteiger partial charge is 0.290 e. The Morgan fingerprint density at radius 2 is 2.19 bits per heavy atom. The highest BCUT2D eigenvalue weighted by molar-refractivity contribution is 9.10. The average Bonchev–Trinajstić information content (AvgIpc) is 2.75. The lowest BCUT2D eigenvalue weighted by Gasteiger charge is -2.12. The highest BCUT2D eigenvalue weighted by atomic mass is 79.9. The van der Waals surface area contributed by atoms with E-state index in [1.807, 2.05) is 0 Å². The van der Waals surface area contributed by atoms with Gasteiger partial charge in [-0.15, -0.1) is 0 Å². The topological polar surface area (TPSA) is 64.6 Å². The summed E-state index contributed by atoms with van der Waals surface area (Å²) >= 11 is 4.27. The number of thioether (sulfide) groups is 1. The summed E-state index contributed by atoms with van der Waals surface area (Å²) in [4.78, 5) is 23.0. The van der Waals surface area contributed by atoms with Crippen molar-refractivity contribution in [1.29, 1.82) is 0 Å². The molecule has 1 aliphatic heterocycles. The van der Waals surface area contributed by atoms with Gasteiger partial charge in [0.2, 0.25) is 0 Å². The molecule has 0 aromatic heterocycles. The maximum atomic E-state index is 11.5. The molecule has 1 fully saturated rings. The molecule has 0 unspecified atom stereocenters. The largest absolute Gasteiger partial charge is 0.493 e. The van der Waals surface area contributed by atoms with E-state index in [-0.39, 0.29) is 5.24 Å². The van der Waals surface area contributed by atoms with Crippen LogP contribution in [0.3, 0.4) is 0 Å². The lowest BCUT2D eigenvalue weighted by Crippen LogP contribution is -2.17. The minimum Gasteiger partial charge on any atom is -0.493 e. The molecule has 0 atom stereocenters. The van der Waals surface area contributed by atoms with Gasteiger partial charge in [-0.3, -0.25) is 14.9 Å².